The Labute approximate surface area is 114 Å². The number of aromatic carboxylic acids is 2. The molecule has 0 saturated heterocycles. The van der Waals surface area contributed by atoms with Crippen molar-refractivity contribution in [1.29, 1.82) is 0 Å². The van der Waals surface area contributed by atoms with Crippen LogP contribution in [0.2, 0.25) is 0 Å². The van der Waals surface area contributed by atoms with Crippen LogP contribution in [0.4, 0.5) is 11.4 Å². The van der Waals surface area contributed by atoms with Crippen LogP contribution in [0.3, 0.4) is 0 Å². The zero-order valence-corrected chi connectivity index (χ0v) is 10.3. The number of anilines is 2. The first-order chi connectivity index (χ1) is 9.40. The summed E-state index contributed by atoms with van der Waals surface area (Å²) in [5.74, 6) is -2.81. The molecule has 0 saturated carbocycles. The zero-order valence-electron chi connectivity index (χ0n) is 10.3. The fourth-order valence-corrected chi connectivity index (χ4v) is 1.83. The van der Waals surface area contributed by atoms with Crippen LogP contribution in [0.25, 0.3) is 11.1 Å². The Morgan fingerprint density at radius 1 is 0.750 bits per heavy atom. The quantitative estimate of drug-likeness (QED) is 0.705. The lowest BCUT2D eigenvalue weighted by Crippen LogP contribution is -2.24. The smallest absolute Gasteiger partial charge is 0.0736 e. The van der Waals surface area contributed by atoms with Crippen LogP contribution in [0.1, 0.15) is 20.7 Å². The molecule has 0 unspecified atom stereocenters. The highest BCUT2D eigenvalue weighted by Crippen LogP contribution is 2.26. The zero-order chi connectivity index (χ0) is 14.9. The van der Waals surface area contributed by atoms with Crippen molar-refractivity contribution in [2.24, 2.45) is 0 Å². The van der Waals surface area contributed by atoms with E-state index in [1.165, 1.54) is 24.3 Å². The van der Waals surface area contributed by atoms with Gasteiger partial charge in [-0.05, 0) is 35.4 Å². The van der Waals surface area contributed by atoms with E-state index in [1.54, 1.807) is 12.1 Å². The van der Waals surface area contributed by atoms with E-state index in [-0.39, 0.29) is 22.5 Å². The Hall–Kier alpha value is -3.02. The molecule has 102 valence electrons. The molecule has 20 heavy (non-hydrogen) atoms. The number of carboxylic acids is 2. The fraction of sp³-hybridized carbons (Fsp3) is 0. The number of carbonyl (C=O) groups excluding carboxylic acids is 2. The summed E-state index contributed by atoms with van der Waals surface area (Å²) in [6, 6.07) is 8.61. The highest BCUT2D eigenvalue weighted by atomic mass is 16.4. The molecule has 0 aliphatic carbocycles. The van der Waals surface area contributed by atoms with Gasteiger partial charge < -0.3 is 31.3 Å². The lowest BCUT2D eigenvalue weighted by atomic mass is 9.99. The number of hydrogen-bond donors (Lipinski definition) is 2. The van der Waals surface area contributed by atoms with Gasteiger partial charge in [-0.3, -0.25) is 0 Å². The van der Waals surface area contributed by atoms with Crippen molar-refractivity contribution in [1.82, 2.24) is 0 Å². The summed E-state index contributed by atoms with van der Waals surface area (Å²) in [4.78, 5) is 21.8. The summed E-state index contributed by atoms with van der Waals surface area (Å²) in [6.07, 6.45) is 0. The predicted octanol–water partition coefficient (Wildman–Crippen LogP) is -0.755. The average molecular weight is 270 g/mol. The molecule has 6 heteroatoms. The molecular weight excluding hydrogens is 260 g/mol. The number of rotatable bonds is 3. The van der Waals surface area contributed by atoms with Gasteiger partial charge in [0.15, 0.2) is 0 Å². The van der Waals surface area contributed by atoms with Crippen molar-refractivity contribution in [2.75, 3.05) is 11.5 Å². The standard InChI is InChI=1S/C14H12N2O4/c15-11-3-1-7(5-9(11)13(17)18)8-2-4-12(16)10(6-8)14(19)20/h1-6H,15-16H2,(H,17,18)(H,19,20)/p-2. The molecule has 2 aromatic carbocycles. The van der Waals surface area contributed by atoms with Crippen LogP contribution >= 0.6 is 0 Å². The third-order valence-corrected chi connectivity index (χ3v) is 2.88. The summed E-state index contributed by atoms with van der Waals surface area (Å²) >= 11 is 0. The summed E-state index contributed by atoms with van der Waals surface area (Å²) in [7, 11) is 0. The Bertz CT molecular complexity index is 649. The Morgan fingerprint density at radius 3 is 1.40 bits per heavy atom. The minimum absolute atomic E-state index is 0.0734. The molecule has 6 nitrogen and oxygen atoms in total. The van der Waals surface area contributed by atoms with E-state index in [1.807, 2.05) is 0 Å². The lowest BCUT2D eigenvalue weighted by Gasteiger charge is -2.12. The molecule has 0 bridgehead atoms. The molecule has 2 aromatic rings. The molecule has 0 spiro atoms. The second-order valence-corrected chi connectivity index (χ2v) is 4.18. The van der Waals surface area contributed by atoms with E-state index in [9.17, 15) is 19.8 Å². The number of carbonyl (C=O) groups is 2. The van der Waals surface area contributed by atoms with Gasteiger partial charge in [0.25, 0.3) is 0 Å². The van der Waals surface area contributed by atoms with Gasteiger partial charge in [0, 0.05) is 22.5 Å². The van der Waals surface area contributed by atoms with Crippen molar-refractivity contribution in [2.45, 2.75) is 0 Å². The third-order valence-electron chi connectivity index (χ3n) is 2.88. The van der Waals surface area contributed by atoms with Gasteiger partial charge in [-0.1, -0.05) is 12.1 Å². The Kier molecular flexibility index (Phi) is 3.30. The number of nitrogen functional groups attached to an aromatic ring is 2. The van der Waals surface area contributed by atoms with Crippen LogP contribution in [0.5, 0.6) is 0 Å². The minimum Gasteiger partial charge on any atom is -0.545 e. The molecule has 0 heterocycles. The van der Waals surface area contributed by atoms with E-state index in [0.717, 1.165) is 0 Å². The largest absolute Gasteiger partial charge is 0.545 e. The first kappa shape index (κ1) is 13.4. The molecule has 0 aliphatic rings. The maximum absolute atomic E-state index is 10.9. The van der Waals surface area contributed by atoms with Gasteiger partial charge in [0.2, 0.25) is 0 Å². The number of hydrogen-bond acceptors (Lipinski definition) is 6. The highest BCUT2D eigenvalue weighted by molar-refractivity contribution is 5.96. The maximum atomic E-state index is 10.9. The molecule has 0 aromatic heterocycles. The molecule has 0 fully saturated rings. The van der Waals surface area contributed by atoms with Gasteiger partial charge in [0.1, 0.15) is 0 Å². The van der Waals surface area contributed by atoms with Crippen molar-refractivity contribution in [3.63, 3.8) is 0 Å². The third kappa shape index (κ3) is 2.39. The second kappa shape index (κ2) is 4.93. The van der Waals surface area contributed by atoms with Crippen molar-refractivity contribution in [3.8, 4) is 11.1 Å². The van der Waals surface area contributed by atoms with E-state index in [2.05, 4.69) is 0 Å². The van der Waals surface area contributed by atoms with E-state index >= 15 is 0 Å². The SMILES string of the molecule is Nc1ccc(-c2ccc(N)c(C(=O)[O-])c2)cc1C(=O)[O-]. The molecule has 0 aliphatic heterocycles. The first-order valence-corrected chi connectivity index (χ1v) is 5.62. The van der Waals surface area contributed by atoms with Crippen LogP contribution in [-0.2, 0) is 0 Å². The molecule has 2 rings (SSSR count). The molecule has 0 amide bonds. The molecule has 4 N–H and O–H groups in total. The van der Waals surface area contributed by atoms with Gasteiger partial charge in [-0.25, -0.2) is 0 Å². The number of nitrogens with two attached hydrogens (primary N) is 2. The molecule has 0 atom stereocenters. The van der Waals surface area contributed by atoms with E-state index in [4.69, 9.17) is 11.5 Å². The number of benzene rings is 2. The van der Waals surface area contributed by atoms with E-state index < -0.39 is 11.9 Å². The maximum Gasteiger partial charge on any atom is 0.0736 e. The van der Waals surface area contributed by atoms with Crippen LogP contribution in [-0.4, -0.2) is 11.9 Å². The van der Waals surface area contributed by atoms with Crippen molar-refractivity contribution < 1.29 is 19.8 Å². The van der Waals surface area contributed by atoms with Gasteiger partial charge in [0.05, 0.1) is 11.9 Å². The fourth-order valence-electron chi connectivity index (χ4n) is 1.83. The van der Waals surface area contributed by atoms with Crippen molar-refractivity contribution in [3.05, 3.63) is 47.5 Å². The van der Waals surface area contributed by atoms with Crippen molar-refractivity contribution >= 4 is 23.3 Å². The van der Waals surface area contributed by atoms with E-state index in [0.29, 0.717) is 11.1 Å². The Morgan fingerprint density at radius 2 is 1.10 bits per heavy atom. The summed E-state index contributed by atoms with van der Waals surface area (Å²) in [5.41, 5.74) is 11.9. The van der Waals surface area contributed by atoms with Crippen LogP contribution in [0, 0.1) is 0 Å². The number of carboxylic acid groups (broad SMARTS) is 2. The molecular formula is C14H10N2O4-2. The second-order valence-electron chi connectivity index (χ2n) is 4.18. The minimum atomic E-state index is -1.40. The van der Waals surface area contributed by atoms with Gasteiger partial charge in [-0.2, -0.15) is 0 Å². The van der Waals surface area contributed by atoms with Crippen LogP contribution in [0.15, 0.2) is 36.4 Å². The summed E-state index contributed by atoms with van der Waals surface area (Å²) < 4.78 is 0. The summed E-state index contributed by atoms with van der Waals surface area (Å²) in [6.45, 7) is 0. The first-order valence-electron chi connectivity index (χ1n) is 5.62. The Balaban J connectivity index is 2.57. The molecule has 0 radical (unpaired) electrons. The van der Waals surface area contributed by atoms with Crippen LogP contribution < -0.4 is 21.7 Å². The highest BCUT2D eigenvalue weighted by Gasteiger charge is 2.07. The summed E-state index contributed by atoms with van der Waals surface area (Å²) in [5, 5.41) is 21.8. The average Bonchev–Trinajstić information content (AvgIpc) is 2.39. The topological polar surface area (TPSA) is 132 Å². The van der Waals surface area contributed by atoms with Gasteiger partial charge >= 0.3 is 0 Å². The predicted molar refractivity (Wildman–Crippen MR) is 69.4 cm³/mol. The normalized spacial score (nSPS) is 10.2. The lowest BCUT2D eigenvalue weighted by molar-refractivity contribution is -0.256. The van der Waals surface area contributed by atoms with Gasteiger partial charge in [-0.15, -0.1) is 0 Å². The monoisotopic (exact) mass is 270 g/mol.